The molecule has 6 heteroatoms. The molecule has 5 rings (SSSR count). The first kappa shape index (κ1) is 31.3. The molecule has 1 aromatic rings. The summed E-state index contributed by atoms with van der Waals surface area (Å²) in [6.45, 7) is 13.2. The summed E-state index contributed by atoms with van der Waals surface area (Å²) < 4.78 is 5.94. The molecule has 1 aromatic heterocycles. The van der Waals surface area contributed by atoms with Crippen molar-refractivity contribution >= 4 is 27.7 Å². The summed E-state index contributed by atoms with van der Waals surface area (Å²) in [5.74, 6) is 5.99. The van der Waals surface area contributed by atoms with Crippen LogP contribution >= 0.6 is 21.6 Å². The van der Waals surface area contributed by atoms with Gasteiger partial charge in [0.15, 0.2) is 0 Å². The molecule has 0 aliphatic heterocycles. The summed E-state index contributed by atoms with van der Waals surface area (Å²) >= 11 is 0. The summed E-state index contributed by atoms with van der Waals surface area (Å²) in [5, 5.41) is 2.98. The second-order valence-electron chi connectivity index (χ2n) is 14.6. The van der Waals surface area contributed by atoms with E-state index >= 15 is 0 Å². The van der Waals surface area contributed by atoms with Crippen LogP contribution in [0.1, 0.15) is 105 Å². The van der Waals surface area contributed by atoms with Crippen LogP contribution in [0.5, 0.6) is 0 Å². The third-order valence-corrected chi connectivity index (χ3v) is 14.2. The van der Waals surface area contributed by atoms with Crippen molar-refractivity contribution < 1.29 is 9.53 Å². The Morgan fingerprint density at radius 3 is 2.66 bits per heavy atom. The van der Waals surface area contributed by atoms with Gasteiger partial charge in [-0.3, -0.25) is 4.98 Å². The number of hydrogen-bond donors (Lipinski definition) is 1. The second-order valence-corrected chi connectivity index (χ2v) is 17.1. The van der Waals surface area contributed by atoms with Crippen molar-refractivity contribution in [3.05, 3.63) is 36.2 Å². The number of amides is 1. The average molecular weight is 599 g/mol. The lowest BCUT2D eigenvalue weighted by atomic mass is 9.47. The lowest BCUT2D eigenvalue weighted by molar-refractivity contribution is -0.0581. The summed E-state index contributed by atoms with van der Waals surface area (Å²) in [5.41, 5.74) is 2.42. The highest BCUT2D eigenvalue weighted by atomic mass is 33.1. The van der Waals surface area contributed by atoms with Crippen molar-refractivity contribution in [1.29, 1.82) is 0 Å². The first-order valence-electron chi connectivity index (χ1n) is 16.5. The van der Waals surface area contributed by atoms with E-state index in [4.69, 9.17) is 4.74 Å². The average Bonchev–Trinajstić information content (AvgIpc) is 3.31. The molecule has 41 heavy (non-hydrogen) atoms. The minimum atomic E-state index is -0.254. The highest BCUT2D eigenvalue weighted by molar-refractivity contribution is 8.76. The van der Waals surface area contributed by atoms with E-state index in [2.05, 4.69) is 51.0 Å². The van der Waals surface area contributed by atoms with E-state index in [9.17, 15) is 4.79 Å². The molecule has 0 aromatic carbocycles. The molecule has 3 fully saturated rings. The van der Waals surface area contributed by atoms with Crippen LogP contribution in [0.4, 0.5) is 4.79 Å². The number of rotatable bonds is 11. The first-order chi connectivity index (χ1) is 19.7. The fourth-order valence-corrected chi connectivity index (χ4v) is 11.5. The Labute approximate surface area is 257 Å². The SMILES string of the molecule is CC(C)CCC[C@@H](C)[C@H]1CC[C@H]2[C@@H]3CC=C4C[C@@H](OC(=O)NCCSSc5ccncc5)CC[C@]4(C)[C@H]3CC[C@]12C. The number of nitrogens with zero attached hydrogens (tertiary/aromatic N) is 1. The van der Waals surface area contributed by atoms with Gasteiger partial charge in [0.2, 0.25) is 0 Å². The van der Waals surface area contributed by atoms with Crippen molar-refractivity contribution in [2.45, 2.75) is 116 Å². The Kier molecular flexibility index (Phi) is 10.4. The Morgan fingerprint density at radius 2 is 1.88 bits per heavy atom. The Hall–Kier alpha value is -1.14. The normalized spacial score (nSPS) is 35.2. The van der Waals surface area contributed by atoms with E-state index in [0.717, 1.165) is 60.5 Å². The number of ether oxygens (including phenoxy) is 1. The summed E-state index contributed by atoms with van der Waals surface area (Å²) in [4.78, 5) is 17.8. The van der Waals surface area contributed by atoms with Gasteiger partial charge < -0.3 is 10.1 Å². The fourth-order valence-electron chi connectivity index (χ4n) is 9.64. The van der Waals surface area contributed by atoms with Crippen molar-refractivity contribution in [2.24, 2.45) is 46.3 Å². The molecule has 4 nitrogen and oxygen atoms in total. The van der Waals surface area contributed by atoms with E-state index in [1.807, 2.05) is 24.5 Å². The molecule has 0 bridgehead atoms. The fraction of sp³-hybridized carbons (Fsp3) is 0.771. The maximum atomic E-state index is 12.6. The molecule has 0 unspecified atom stereocenters. The van der Waals surface area contributed by atoms with Crippen molar-refractivity contribution in [2.75, 3.05) is 12.3 Å². The topological polar surface area (TPSA) is 51.2 Å². The molecular weight excluding hydrogens is 545 g/mol. The monoisotopic (exact) mass is 598 g/mol. The zero-order chi connectivity index (χ0) is 29.0. The Bertz CT molecular complexity index is 1050. The van der Waals surface area contributed by atoms with E-state index in [0.29, 0.717) is 17.4 Å². The van der Waals surface area contributed by atoms with Crippen molar-refractivity contribution in [3.63, 3.8) is 0 Å². The molecule has 0 spiro atoms. The van der Waals surface area contributed by atoms with Gasteiger partial charge in [-0.2, -0.15) is 0 Å². The zero-order valence-electron chi connectivity index (χ0n) is 26.2. The van der Waals surface area contributed by atoms with Crippen LogP contribution in [-0.2, 0) is 4.74 Å². The van der Waals surface area contributed by atoms with Crippen LogP contribution in [0.15, 0.2) is 41.1 Å². The van der Waals surface area contributed by atoms with Crippen molar-refractivity contribution in [3.8, 4) is 0 Å². The number of nitrogens with one attached hydrogen (secondary N) is 1. The molecule has 1 amide bonds. The lowest BCUT2D eigenvalue weighted by Gasteiger charge is -2.58. The van der Waals surface area contributed by atoms with Crippen molar-refractivity contribution in [1.82, 2.24) is 10.3 Å². The quantitative estimate of drug-likeness (QED) is 0.156. The number of pyridine rings is 1. The van der Waals surface area contributed by atoms with E-state index in [-0.39, 0.29) is 12.2 Å². The number of carbonyl (C=O) groups is 1. The number of aromatic nitrogens is 1. The lowest BCUT2D eigenvalue weighted by Crippen LogP contribution is -2.51. The molecule has 1 N–H and O–H groups in total. The van der Waals surface area contributed by atoms with Gasteiger partial charge in [-0.25, -0.2) is 4.79 Å². The number of hydrogen-bond acceptors (Lipinski definition) is 5. The smallest absolute Gasteiger partial charge is 0.407 e. The molecule has 1 heterocycles. The number of fused-ring (bicyclic) bond motifs is 5. The second kappa shape index (κ2) is 13.7. The summed E-state index contributed by atoms with van der Waals surface area (Å²) in [6.07, 6.45) is 20.2. The van der Waals surface area contributed by atoms with Gasteiger partial charge in [0.1, 0.15) is 6.10 Å². The molecular formula is C35H54N2O2S2. The molecule has 3 saturated carbocycles. The molecule has 4 aliphatic carbocycles. The van der Waals surface area contributed by atoms with Crippen LogP contribution in [0.2, 0.25) is 0 Å². The van der Waals surface area contributed by atoms with Crippen LogP contribution in [-0.4, -0.2) is 29.5 Å². The largest absolute Gasteiger partial charge is 0.446 e. The van der Waals surface area contributed by atoms with E-state index in [1.54, 1.807) is 27.2 Å². The predicted octanol–water partition coefficient (Wildman–Crippen LogP) is 9.96. The standard InChI is InChI=1S/C35H54N2O2S2/c1-24(2)7-6-8-25(3)30-11-12-31-29-10-9-26-23-27(13-17-34(26,4)32(29)14-18-35(30,31)5)39-33(38)37-21-22-40-41-28-15-19-36-20-16-28/h9,15-16,19-20,24-25,27,29-32H,6-8,10-14,17-18,21-23H2,1-5H3,(H,37,38)/t25-,27+,29+,30-,31+,32+,34+,35-/m1/s1. The van der Waals surface area contributed by atoms with Gasteiger partial charge in [-0.1, -0.05) is 87.1 Å². The highest BCUT2D eigenvalue weighted by Crippen LogP contribution is 2.67. The minimum Gasteiger partial charge on any atom is -0.446 e. The third-order valence-electron chi connectivity index (χ3n) is 11.8. The van der Waals surface area contributed by atoms with Gasteiger partial charge in [-0.15, -0.1) is 0 Å². The Balaban J connectivity index is 1.11. The number of carbonyl (C=O) groups excluding carboxylic acids is 1. The van der Waals surface area contributed by atoms with Gasteiger partial charge in [-0.05, 0) is 103 Å². The third kappa shape index (κ3) is 7.00. The van der Waals surface area contributed by atoms with Gasteiger partial charge in [0.05, 0.1) is 0 Å². The van der Waals surface area contributed by atoms with E-state index < -0.39 is 0 Å². The van der Waals surface area contributed by atoms with E-state index in [1.165, 1.54) is 56.3 Å². The van der Waals surface area contributed by atoms with Gasteiger partial charge >= 0.3 is 6.09 Å². The van der Waals surface area contributed by atoms with Crippen LogP contribution in [0.3, 0.4) is 0 Å². The first-order valence-corrected chi connectivity index (χ1v) is 18.9. The molecule has 228 valence electrons. The molecule has 4 aliphatic rings. The van der Waals surface area contributed by atoms with Crippen LogP contribution in [0, 0.1) is 46.3 Å². The maximum absolute atomic E-state index is 12.6. The highest BCUT2D eigenvalue weighted by Gasteiger charge is 2.59. The van der Waals surface area contributed by atoms with Crippen LogP contribution < -0.4 is 5.32 Å². The van der Waals surface area contributed by atoms with Crippen LogP contribution in [0.25, 0.3) is 0 Å². The minimum absolute atomic E-state index is 0.0149. The summed E-state index contributed by atoms with van der Waals surface area (Å²) in [6, 6.07) is 4.01. The maximum Gasteiger partial charge on any atom is 0.407 e. The van der Waals surface area contributed by atoms with Gasteiger partial charge in [0.25, 0.3) is 0 Å². The number of allylic oxidation sites excluding steroid dienone is 1. The number of alkyl carbamates (subject to hydrolysis) is 1. The molecule has 8 atom stereocenters. The Morgan fingerprint density at radius 1 is 1.07 bits per heavy atom. The zero-order valence-corrected chi connectivity index (χ0v) is 27.8. The summed E-state index contributed by atoms with van der Waals surface area (Å²) in [7, 11) is 3.46. The predicted molar refractivity (Wildman–Crippen MR) is 174 cm³/mol. The van der Waals surface area contributed by atoms with Gasteiger partial charge in [0, 0.05) is 36.0 Å². The molecule has 0 radical (unpaired) electrons. The molecule has 0 saturated heterocycles.